The largest absolute Gasteiger partial charge is 0.507 e. The maximum atomic E-state index is 13.1. The van der Waals surface area contributed by atoms with Crippen molar-refractivity contribution >= 4 is 50.1 Å². The normalized spacial score (nSPS) is 23.6. The van der Waals surface area contributed by atoms with E-state index in [-0.39, 0.29) is 40.0 Å². The van der Waals surface area contributed by atoms with Crippen molar-refractivity contribution in [1.82, 2.24) is 4.90 Å². The molecule has 0 aromatic heterocycles. The number of nitrogens with zero attached hydrogens (tertiary/aromatic N) is 1. The Morgan fingerprint density at radius 1 is 1.13 bits per heavy atom. The molecule has 1 N–H and O–H groups in total. The van der Waals surface area contributed by atoms with Crippen LogP contribution in [0.1, 0.15) is 64.7 Å². The predicted molar refractivity (Wildman–Crippen MR) is 128 cm³/mol. The first-order valence-electron chi connectivity index (χ1n) is 9.95. The molecule has 8 heteroatoms. The lowest BCUT2D eigenvalue weighted by atomic mass is 9.78. The number of phenolic OH excluding ortho intramolecular Hbond substituents is 1. The van der Waals surface area contributed by atoms with Gasteiger partial charge in [0.05, 0.1) is 22.5 Å². The minimum atomic E-state index is -3.11. The summed E-state index contributed by atoms with van der Waals surface area (Å²) in [5.41, 5.74) is 1.91. The van der Waals surface area contributed by atoms with E-state index in [1.807, 2.05) is 53.7 Å². The lowest BCUT2D eigenvalue weighted by Crippen LogP contribution is -2.39. The molecule has 2 aliphatic rings. The van der Waals surface area contributed by atoms with Crippen molar-refractivity contribution in [2.75, 3.05) is 11.5 Å². The number of thioether (sulfide) groups is 1. The fraction of sp³-hybridized carbons (Fsp3) is 0.545. The molecule has 30 heavy (non-hydrogen) atoms. The average Bonchev–Trinajstić information content (AvgIpc) is 3.05. The number of carbonyl (C=O) groups excluding carboxylic acids is 1. The van der Waals surface area contributed by atoms with Crippen molar-refractivity contribution in [3.63, 3.8) is 0 Å². The highest BCUT2D eigenvalue weighted by Gasteiger charge is 2.42. The van der Waals surface area contributed by atoms with E-state index in [0.717, 1.165) is 16.7 Å². The third kappa shape index (κ3) is 4.60. The Bertz CT molecular complexity index is 1010. The molecule has 0 aliphatic carbocycles. The van der Waals surface area contributed by atoms with Gasteiger partial charge in [0.2, 0.25) is 0 Å². The van der Waals surface area contributed by atoms with Gasteiger partial charge in [0.15, 0.2) is 9.84 Å². The van der Waals surface area contributed by atoms with Crippen molar-refractivity contribution in [1.29, 1.82) is 0 Å². The number of rotatable bonds is 2. The second-order valence-electron chi connectivity index (χ2n) is 10.1. The lowest BCUT2D eigenvalue weighted by molar-refractivity contribution is -0.123. The first-order valence-corrected chi connectivity index (χ1v) is 13.0. The minimum Gasteiger partial charge on any atom is -0.507 e. The van der Waals surface area contributed by atoms with E-state index in [9.17, 15) is 18.3 Å². The zero-order valence-electron chi connectivity index (χ0n) is 18.3. The summed E-state index contributed by atoms with van der Waals surface area (Å²) in [6.45, 7) is 12.2. The molecule has 0 bridgehead atoms. The summed E-state index contributed by atoms with van der Waals surface area (Å²) in [4.78, 5) is 15.0. The van der Waals surface area contributed by atoms with E-state index in [1.54, 1.807) is 6.08 Å². The van der Waals surface area contributed by atoms with E-state index in [0.29, 0.717) is 15.6 Å². The second kappa shape index (κ2) is 7.64. The van der Waals surface area contributed by atoms with E-state index in [4.69, 9.17) is 12.2 Å². The zero-order chi connectivity index (χ0) is 22.6. The highest BCUT2D eigenvalue weighted by Crippen LogP contribution is 2.42. The van der Waals surface area contributed by atoms with E-state index in [2.05, 4.69) is 0 Å². The summed E-state index contributed by atoms with van der Waals surface area (Å²) in [5, 5.41) is 10.9. The molecule has 1 aromatic carbocycles. The topological polar surface area (TPSA) is 74.7 Å². The monoisotopic (exact) mass is 467 g/mol. The standard InChI is InChI=1S/C22H29NO4S3/c1-21(2,3)15-9-13(10-16(18(15)24)22(4,5)6)11-17-19(25)23(20(28)29-17)14-7-8-30(26,27)12-14/h9-11,14,24H,7-8,12H2,1-6H3/b17-11-. The van der Waals surface area contributed by atoms with Crippen molar-refractivity contribution < 1.29 is 18.3 Å². The van der Waals surface area contributed by atoms with Crippen LogP contribution in [0.15, 0.2) is 17.0 Å². The predicted octanol–water partition coefficient (Wildman–Crippen LogP) is 4.38. The number of amides is 1. The van der Waals surface area contributed by atoms with E-state index in [1.165, 1.54) is 16.7 Å². The molecule has 1 atom stereocenters. The van der Waals surface area contributed by atoms with Crippen LogP contribution in [-0.4, -0.2) is 46.2 Å². The van der Waals surface area contributed by atoms with Gasteiger partial charge in [-0.25, -0.2) is 8.42 Å². The Morgan fingerprint density at radius 3 is 2.10 bits per heavy atom. The van der Waals surface area contributed by atoms with Gasteiger partial charge in [-0.15, -0.1) is 0 Å². The van der Waals surface area contributed by atoms with Gasteiger partial charge < -0.3 is 5.11 Å². The van der Waals surface area contributed by atoms with Crippen molar-refractivity contribution in [3.8, 4) is 5.75 Å². The number of carbonyl (C=O) groups is 1. The Morgan fingerprint density at radius 2 is 1.67 bits per heavy atom. The molecule has 3 rings (SSSR count). The van der Waals surface area contributed by atoms with Gasteiger partial charge in [-0.3, -0.25) is 9.69 Å². The summed E-state index contributed by atoms with van der Waals surface area (Å²) < 4.78 is 24.1. The molecule has 2 saturated heterocycles. The fourth-order valence-corrected chi connectivity index (χ4v) is 6.91. The second-order valence-corrected chi connectivity index (χ2v) is 14.0. The van der Waals surface area contributed by atoms with Gasteiger partial charge in [0.25, 0.3) is 5.91 Å². The molecule has 1 amide bonds. The van der Waals surface area contributed by atoms with Gasteiger partial charge >= 0.3 is 0 Å². The highest BCUT2D eigenvalue weighted by molar-refractivity contribution is 8.26. The molecule has 2 fully saturated rings. The Labute approximate surface area is 188 Å². The molecule has 2 aliphatic heterocycles. The van der Waals surface area contributed by atoms with Gasteiger partial charge in [-0.1, -0.05) is 65.5 Å². The number of phenols is 1. The van der Waals surface area contributed by atoms with Crippen molar-refractivity contribution in [2.45, 2.75) is 64.8 Å². The minimum absolute atomic E-state index is 0.0335. The summed E-state index contributed by atoms with van der Waals surface area (Å²) >= 11 is 6.61. The Kier molecular flexibility index (Phi) is 5.93. The molecule has 0 radical (unpaired) electrons. The van der Waals surface area contributed by atoms with E-state index >= 15 is 0 Å². The third-order valence-electron chi connectivity index (χ3n) is 5.44. The number of benzene rings is 1. The Balaban J connectivity index is 2.03. The van der Waals surface area contributed by atoms with Crippen LogP contribution in [0.4, 0.5) is 0 Å². The molecule has 164 valence electrons. The summed E-state index contributed by atoms with van der Waals surface area (Å²) in [7, 11) is -3.11. The van der Waals surface area contributed by atoms with Crippen LogP contribution in [0.3, 0.4) is 0 Å². The quantitative estimate of drug-likeness (QED) is 0.514. The van der Waals surface area contributed by atoms with Crippen LogP contribution in [-0.2, 0) is 25.5 Å². The van der Waals surface area contributed by atoms with Gasteiger partial charge in [-0.2, -0.15) is 0 Å². The molecule has 1 unspecified atom stereocenters. The number of aromatic hydroxyl groups is 1. The molecular weight excluding hydrogens is 438 g/mol. The maximum Gasteiger partial charge on any atom is 0.266 e. The smallest absolute Gasteiger partial charge is 0.266 e. The molecule has 2 heterocycles. The number of thiocarbonyl (C=S) groups is 1. The van der Waals surface area contributed by atoms with Crippen molar-refractivity contribution in [2.24, 2.45) is 0 Å². The SMILES string of the molecule is CC(C)(C)c1cc(/C=C2\SC(=S)N(C3CCS(=O)(=O)C3)C2=O)cc(C(C)(C)C)c1O. The first-order chi connectivity index (χ1) is 13.6. The molecule has 0 saturated carbocycles. The molecule has 5 nitrogen and oxygen atoms in total. The van der Waals surface area contributed by atoms with E-state index < -0.39 is 9.84 Å². The highest BCUT2D eigenvalue weighted by atomic mass is 32.2. The van der Waals surface area contributed by atoms with Crippen LogP contribution in [0, 0.1) is 0 Å². The number of sulfone groups is 1. The molecule has 1 aromatic rings. The number of hydrogen-bond acceptors (Lipinski definition) is 6. The summed E-state index contributed by atoms with van der Waals surface area (Å²) in [6.07, 6.45) is 2.22. The maximum absolute atomic E-state index is 13.1. The van der Waals surface area contributed by atoms with Crippen LogP contribution >= 0.6 is 24.0 Å². The van der Waals surface area contributed by atoms with Gasteiger partial charge in [-0.05, 0) is 41.0 Å². The average molecular weight is 468 g/mol. The molecular formula is C22H29NO4S3. The van der Waals surface area contributed by atoms with Crippen molar-refractivity contribution in [3.05, 3.63) is 33.7 Å². The zero-order valence-corrected chi connectivity index (χ0v) is 20.7. The van der Waals surface area contributed by atoms with Crippen LogP contribution in [0.2, 0.25) is 0 Å². The van der Waals surface area contributed by atoms with Gasteiger partial charge in [0.1, 0.15) is 10.1 Å². The van der Waals surface area contributed by atoms with Gasteiger partial charge in [0, 0.05) is 11.1 Å². The Hall–Kier alpha value is -1.38. The van der Waals surface area contributed by atoms with Crippen LogP contribution in [0.25, 0.3) is 6.08 Å². The third-order valence-corrected chi connectivity index (χ3v) is 8.52. The van der Waals surface area contributed by atoms with Crippen LogP contribution < -0.4 is 0 Å². The number of hydrogen-bond donors (Lipinski definition) is 1. The molecule has 0 spiro atoms. The fourth-order valence-electron chi connectivity index (χ4n) is 3.81. The summed E-state index contributed by atoms with van der Waals surface area (Å²) in [6, 6.07) is 3.44. The van der Waals surface area contributed by atoms with Crippen LogP contribution in [0.5, 0.6) is 5.75 Å². The first kappa shape index (κ1) is 23.3. The summed E-state index contributed by atoms with van der Waals surface area (Å²) in [5.74, 6) is 0.106. The lowest BCUT2D eigenvalue weighted by Gasteiger charge is -2.28.